The molecule has 0 fully saturated rings. The summed E-state index contributed by atoms with van der Waals surface area (Å²) >= 11 is 0. The third kappa shape index (κ3) is 3.30. The van der Waals surface area contributed by atoms with Gasteiger partial charge in [0.05, 0.1) is 6.61 Å². The van der Waals surface area contributed by atoms with Gasteiger partial charge in [0.25, 0.3) is 0 Å². The molecule has 2 heteroatoms. The van der Waals surface area contributed by atoms with E-state index in [0.29, 0.717) is 5.56 Å². The zero-order valence-electron chi connectivity index (χ0n) is 7.45. The van der Waals surface area contributed by atoms with Crippen LogP contribution in [0.4, 0.5) is 0 Å². The Labute approximate surface area is 72.9 Å². The first kappa shape index (κ1) is 10.8. The maximum absolute atomic E-state index is 10.2. The quantitative estimate of drug-likeness (QED) is 0.682. The lowest BCUT2D eigenvalue weighted by atomic mass is 10.1. The number of hydrogen-bond acceptors (Lipinski definition) is 2. The van der Waals surface area contributed by atoms with Crippen LogP contribution in [0.3, 0.4) is 0 Å². The largest absolute Gasteiger partial charge is 0.392 e. The van der Waals surface area contributed by atoms with E-state index in [1.807, 2.05) is 13.8 Å². The van der Waals surface area contributed by atoms with Gasteiger partial charge in [-0.25, -0.2) is 0 Å². The predicted octanol–water partition coefficient (Wildman–Crippen LogP) is 2.02. The Morgan fingerprint density at radius 1 is 1.42 bits per heavy atom. The van der Waals surface area contributed by atoms with Crippen LogP contribution in [0.15, 0.2) is 24.3 Å². The third-order valence-electron chi connectivity index (χ3n) is 1.27. The van der Waals surface area contributed by atoms with Gasteiger partial charge in [0.2, 0.25) is 0 Å². The molecule has 0 aliphatic heterocycles. The first-order chi connectivity index (χ1) is 5.86. The minimum Gasteiger partial charge on any atom is -0.392 e. The fourth-order valence-electron chi connectivity index (χ4n) is 0.765. The summed E-state index contributed by atoms with van der Waals surface area (Å²) in [5.74, 6) is 0. The highest BCUT2D eigenvalue weighted by Gasteiger charge is 1.90. The molecule has 12 heavy (non-hydrogen) atoms. The van der Waals surface area contributed by atoms with Crippen molar-refractivity contribution in [3.63, 3.8) is 0 Å². The molecule has 0 saturated carbocycles. The first-order valence-corrected chi connectivity index (χ1v) is 4.02. The van der Waals surface area contributed by atoms with Gasteiger partial charge in [0.1, 0.15) is 6.29 Å². The first-order valence-electron chi connectivity index (χ1n) is 4.02. The molecule has 1 rings (SSSR count). The van der Waals surface area contributed by atoms with Gasteiger partial charge in [-0.05, 0) is 11.6 Å². The van der Waals surface area contributed by atoms with Crippen molar-refractivity contribution in [3.8, 4) is 0 Å². The Bertz CT molecular complexity index is 231. The van der Waals surface area contributed by atoms with Crippen molar-refractivity contribution < 1.29 is 9.90 Å². The van der Waals surface area contributed by atoms with Crippen LogP contribution in [0.25, 0.3) is 0 Å². The van der Waals surface area contributed by atoms with E-state index < -0.39 is 0 Å². The Balaban J connectivity index is 0.000000561. The van der Waals surface area contributed by atoms with E-state index in [1.165, 1.54) is 0 Å². The number of benzene rings is 1. The van der Waals surface area contributed by atoms with Gasteiger partial charge >= 0.3 is 0 Å². The standard InChI is InChI=1S/C8H8O2.C2H6/c9-5-7-2-1-3-8(4-7)6-10;1-2/h1-5,10H,6H2;1-2H3. The summed E-state index contributed by atoms with van der Waals surface area (Å²) in [6, 6.07) is 6.88. The molecule has 0 spiro atoms. The molecule has 0 unspecified atom stereocenters. The van der Waals surface area contributed by atoms with E-state index in [-0.39, 0.29) is 6.61 Å². The van der Waals surface area contributed by atoms with Crippen LogP contribution in [0.5, 0.6) is 0 Å². The maximum atomic E-state index is 10.2. The Morgan fingerprint density at radius 3 is 2.58 bits per heavy atom. The molecule has 0 aromatic heterocycles. The van der Waals surface area contributed by atoms with Gasteiger partial charge in [0, 0.05) is 5.56 Å². The molecule has 0 heterocycles. The zero-order chi connectivity index (χ0) is 9.40. The monoisotopic (exact) mass is 166 g/mol. The fraction of sp³-hybridized carbons (Fsp3) is 0.300. The summed E-state index contributed by atoms with van der Waals surface area (Å²) in [5, 5.41) is 8.64. The second kappa shape index (κ2) is 6.55. The molecular formula is C10H14O2. The van der Waals surface area contributed by atoms with E-state index in [1.54, 1.807) is 24.3 Å². The number of rotatable bonds is 2. The number of hydrogen-bond donors (Lipinski definition) is 1. The minimum absolute atomic E-state index is 0.0122. The van der Waals surface area contributed by atoms with E-state index in [9.17, 15) is 4.79 Å². The Hall–Kier alpha value is -1.15. The summed E-state index contributed by atoms with van der Waals surface area (Å²) in [7, 11) is 0. The topological polar surface area (TPSA) is 37.3 Å². The molecule has 1 aromatic rings. The second-order valence-corrected chi connectivity index (χ2v) is 2.02. The van der Waals surface area contributed by atoms with Crippen LogP contribution in [0.1, 0.15) is 29.8 Å². The van der Waals surface area contributed by atoms with Crippen molar-refractivity contribution >= 4 is 6.29 Å². The van der Waals surface area contributed by atoms with Crippen molar-refractivity contribution in [1.29, 1.82) is 0 Å². The van der Waals surface area contributed by atoms with Crippen LogP contribution in [-0.4, -0.2) is 11.4 Å². The van der Waals surface area contributed by atoms with Gasteiger partial charge in [0.15, 0.2) is 0 Å². The third-order valence-corrected chi connectivity index (χ3v) is 1.27. The van der Waals surface area contributed by atoms with E-state index >= 15 is 0 Å². The summed E-state index contributed by atoms with van der Waals surface area (Å²) < 4.78 is 0. The molecule has 66 valence electrons. The zero-order valence-corrected chi connectivity index (χ0v) is 7.45. The highest BCUT2D eigenvalue weighted by Crippen LogP contribution is 2.01. The van der Waals surface area contributed by atoms with E-state index in [2.05, 4.69) is 0 Å². The molecule has 0 aliphatic rings. The summed E-state index contributed by atoms with van der Waals surface area (Å²) in [4.78, 5) is 10.2. The fourth-order valence-corrected chi connectivity index (χ4v) is 0.765. The highest BCUT2D eigenvalue weighted by atomic mass is 16.3. The molecule has 0 aliphatic carbocycles. The van der Waals surface area contributed by atoms with E-state index in [0.717, 1.165) is 11.8 Å². The van der Waals surface area contributed by atoms with Crippen LogP contribution in [0.2, 0.25) is 0 Å². The van der Waals surface area contributed by atoms with Crippen LogP contribution in [0, 0.1) is 0 Å². The molecule has 0 radical (unpaired) electrons. The number of aliphatic hydroxyl groups excluding tert-OH is 1. The Kier molecular flexibility index (Phi) is 5.93. The smallest absolute Gasteiger partial charge is 0.150 e. The number of carbonyl (C=O) groups is 1. The lowest BCUT2D eigenvalue weighted by Crippen LogP contribution is -1.84. The van der Waals surface area contributed by atoms with Crippen molar-refractivity contribution in [2.75, 3.05) is 0 Å². The molecule has 0 saturated heterocycles. The lowest BCUT2D eigenvalue weighted by Gasteiger charge is -1.94. The van der Waals surface area contributed by atoms with Gasteiger partial charge in [-0.1, -0.05) is 32.0 Å². The van der Waals surface area contributed by atoms with E-state index in [4.69, 9.17) is 5.11 Å². The van der Waals surface area contributed by atoms with Crippen LogP contribution < -0.4 is 0 Å². The summed E-state index contributed by atoms with van der Waals surface area (Å²) in [6.07, 6.45) is 0.763. The molecule has 1 aromatic carbocycles. The summed E-state index contributed by atoms with van der Waals surface area (Å²) in [6.45, 7) is 3.99. The van der Waals surface area contributed by atoms with Crippen LogP contribution >= 0.6 is 0 Å². The van der Waals surface area contributed by atoms with Gasteiger partial charge < -0.3 is 5.11 Å². The van der Waals surface area contributed by atoms with Gasteiger partial charge in [-0.2, -0.15) is 0 Å². The van der Waals surface area contributed by atoms with Crippen LogP contribution in [-0.2, 0) is 6.61 Å². The maximum Gasteiger partial charge on any atom is 0.150 e. The number of aldehydes is 1. The molecule has 0 bridgehead atoms. The molecule has 0 atom stereocenters. The Morgan fingerprint density at radius 2 is 2.08 bits per heavy atom. The van der Waals surface area contributed by atoms with Crippen molar-refractivity contribution in [1.82, 2.24) is 0 Å². The summed E-state index contributed by atoms with van der Waals surface area (Å²) in [5.41, 5.74) is 1.37. The average molecular weight is 166 g/mol. The van der Waals surface area contributed by atoms with Gasteiger partial charge in [-0.15, -0.1) is 0 Å². The number of carbonyl (C=O) groups excluding carboxylic acids is 1. The average Bonchev–Trinajstić information content (AvgIpc) is 2.21. The predicted molar refractivity (Wildman–Crippen MR) is 49.1 cm³/mol. The normalized spacial score (nSPS) is 8.25. The van der Waals surface area contributed by atoms with Crippen molar-refractivity contribution in [3.05, 3.63) is 35.4 Å². The highest BCUT2D eigenvalue weighted by molar-refractivity contribution is 5.74. The molecule has 2 nitrogen and oxygen atoms in total. The minimum atomic E-state index is -0.0122. The second-order valence-electron chi connectivity index (χ2n) is 2.02. The molecular weight excluding hydrogens is 152 g/mol. The lowest BCUT2D eigenvalue weighted by molar-refractivity contribution is 0.112. The van der Waals surface area contributed by atoms with Crippen molar-refractivity contribution in [2.24, 2.45) is 0 Å². The van der Waals surface area contributed by atoms with Crippen molar-refractivity contribution in [2.45, 2.75) is 20.5 Å². The SMILES string of the molecule is CC.O=Cc1cccc(CO)c1. The molecule has 0 amide bonds. The number of aliphatic hydroxyl groups is 1. The molecule has 1 N–H and O–H groups in total. The van der Waals surface area contributed by atoms with Gasteiger partial charge in [-0.3, -0.25) is 4.79 Å².